The standard InChI is InChI=1S/C12H11BrClNO3S2/c1-2-18-10-4-3-8(14)7-9(10)15-20(16,17)12-6-5-11(13)19-12/h3-7,15H,2H2,1H3. The summed E-state index contributed by atoms with van der Waals surface area (Å²) in [5, 5.41) is 0.429. The first-order valence-electron chi connectivity index (χ1n) is 5.63. The van der Waals surface area contributed by atoms with E-state index in [1.54, 1.807) is 18.2 Å². The summed E-state index contributed by atoms with van der Waals surface area (Å²) in [5.41, 5.74) is 0.323. The Balaban J connectivity index is 2.36. The Morgan fingerprint density at radius 2 is 2.10 bits per heavy atom. The minimum atomic E-state index is -3.65. The molecule has 20 heavy (non-hydrogen) atoms. The van der Waals surface area contributed by atoms with E-state index in [-0.39, 0.29) is 4.21 Å². The molecule has 2 aromatic rings. The van der Waals surface area contributed by atoms with Gasteiger partial charge in [0.2, 0.25) is 0 Å². The van der Waals surface area contributed by atoms with Crippen molar-refractivity contribution in [1.29, 1.82) is 0 Å². The number of sulfonamides is 1. The summed E-state index contributed by atoms with van der Waals surface area (Å²) in [5.74, 6) is 0.441. The summed E-state index contributed by atoms with van der Waals surface area (Å²) in [4.78, 5) is 0. The molecule has 0 saturated carbocycles. The third-order valence-corrected chi connectivity index (χ3v) is 6.02. The van der Waals surface area contributed by atoms with Gasteiger partial charge in [-0.25, -0.2) is 8.42 Å². The van der Waals surface area contributed by atoms with Crippen molar-refractivity contribution >= 4 is 54.6 Å². The fraction of sp³-hybridized carbons (Fsp3) is 0.167. The van der Waals surface area contributed by atoms with E-state index in [0.717, 1.165) is 15.1 Å². The molecule has 0 aliphatic rings. The number of anilines is 1. The number of hydrogen-bond acceptors (Lipinski definition) is 4. The third-order valence-electron chi connectivity index (χ3n) is 2.30. The lowest BCUT2D eigenvalue weighted by molar-refractivity contribution is 0.342. The summed E-state index contributed by atoms with van der Waals surface area (Å²) in [6, 6.07) is 8.01. The van der Waals surface area contributed by atoms with Crippen molar-refractivity contribution < 1.29 is 13.2 Å². The van der Waals surface area contributed by atoms with Gasteiger partial charge >= 0.3 is 0 Å². The molecule has 1 heterocycles. The molecule has 2 rings (SSSR count). The second-order valence-electron chi connectivity index (χ2n) is 3.74. The summed E-state index contributed by atoms with van der Waals surface area (Å²) in [6.45, 7) is 2.25. The maximum atomic E-state index is 12.3. The minimum Gasteiger partial charge on any atom is -0.492 e. The highest BCUT2D eigenvalue weighted by Crippen LogP contribution is 2.32. The average Bonchev–Trinajstić information content (AvgIpc) is 2.80. The van der Waals surface area contributed by atoms with Crippen LogP contribution < -0.4 is 9.46 Å². The van der Waals surface area contributed by atoms with Crippen LogP contribution in [0.3, 0.4) is 0 Å². The van der Waals surface area contributed by atoms with Crippen LogP contribution in [-0.2, 0) is 10.0 Å². The van der Waals surface area contributed by atoms with E-state index in [1.807, 2.05) is 6.92 Å². The van der Waals surface area contributed by atoms with Gasteiger partial charge in [0.05, 0.1) is 16.1 Å². The van der Waals surface area contributed by atoms with Crippen LogP contribution in [0.25, 0.3) is 0 Å². The molecule has 1 aromatic carbocycles. The highest BCUT2D eigenvalue weighted by molar-refractivity contribution is 9.11. The number of ether oxygens (including phenoxy) is 1. The number of benzene rings is 1. The zero-order chi connectivity index (χ0) is 14.8. The molecule has 8 heteroatoms. The van der Waals surface area contributed by atoms with E-state index >= 15 is 0 Å². The average molecular weight is 397 g/mol. The third kappa shape index (κ3) is 3.66. The first-order chi connectivity index (χ1) is 9.42. The van der Waals surface area contributed by atoms with E-state index in [9.17, 15) is 8.42 Å². The number of thiophene rings is 1. The van der Waals surface area contributed by atoms with E-state index in [4.69, 9.17) is 16.3 Å². The molecule has 0 aliphatic heterocycles. The second kappa shape index (κ2) is 6.34. The minimum absolute atomic E-state index is 0.215. The van der Waals surface area contributed by atoms with Gasteiger partial charge in [-0.3, -0.25) is 4.72 Å². The van der Waals surface area contributed by atoms with Crippen molar-refractivity contribution in [2.75, 3.05) is 11.3 Å². The van der Waals surface area contributed by atoms with Gasteiger partial charge in [0, 0.05) is 5.02 Å². The number of rotatable bonds is 5. The Bertz CT molecular complexity index is 715. The fourth-order valence-electron chi connectivity index (χ4n) is 1.50. The van der Waals surface area contributed by atoms with Crippen LogP contribution in [-0.4, -0.2) is 15.0 Å². The van der Waals surface area contributed by atoms with Gasteiger partial charge in [0.25, 0.3) is 10.0 Å². The van der Waals surface area contributed by atoms with Gasteiger partial charge in [-0.15, -0.1) is 11.3 Å². The largest absolute Gasteiger partial charge is 0.492 e. The molecule has 0 radical (unpaired) electrons. The topological polar surface area (TPSA) is 55.4 Å². The lowest BCUT2D eigenvalue weighted by atomic mass is 10.3. The van der Waals surface area contributed by atoms with Gasteiger partial charge in [-0.05, 0) is 53.2 Å². The van der Waals surface area contributed by atoms with Crippen LogP contribution in [0.2, 0.25) is 5.02 Å². The lowest BCUT2D eigenvalue weighted by Gasteiger charge is -2.12. The number of hydrogen-bond donors (Lipinski definition) is 1. The van der Waals surface area contributed by atoms with Gasteiger partial charge in [-0.1, -0.05) is 11.6 Å². The zero-order valence-corrected chi connectivity index (χ0v) is 14.4. The maximum Gasteiger partial charge on any atom is 0.271 e. The molecule has 0 spiro atoms. The Hall–Kier alpha value is -0.760. The van der Waals surface area contributed by atoms with Crippen molar-refractivity contribution in [2.24, 2.45) is 0 Å². The molecular weight excluding hydrogens is 386 g/mol. The molecule has 108 valence electrons. The Morgan fingerprint density at radius 3 is 2.70 bits per heavy atom. The zero-order valence-electron chi connectivity index (χ0n) is 10.4. The van der Waals surface area contributed by atoms with E-state index < -0.39 is 10.0 Å². The van der Waals surface area contributed by atoms with Crippen molar-refractivity contribution in [3.63, 3.8) is 0 Å². The Labute approximate surface area is 134 Å². The van der Waals surface area contributed by atoms with Gasteiger partial charge in [0.1, 0.15) is 9.96 Å². The quantitative estimate of drug-likeness (QED) is 0.817. The molecule has 0 unspecified atom stereocenters. The van der Waals surface area contributed by atoms with Gasteiger partial charge < -0.3 is 4.74 Å². The molecule has 4 nitrogen and oxygen atoms in total. The first-order valence-corrected chi connectivity index (χ1v) is 9.10. The van der Waals surface area contributed by atoms with Crippen LogP contribution >= 0.6 is 38.9 Å². The van der Waals surface area contributed by atoms with Crippen molar-refractivity contribution in [3.8, 4) is 5.75 Å². The summed E-state index contributed by atoms with van der Waals surface area (Å²) in [7, 11) is -3.65. The van der Waals surface area contributed by atoms with E-state index in [1.165, 1.54) is 12.1 Å². The number of halogens is 2. The number of nitrogens with one attached hydrogen (secondary N) is 1. The van der Waals surface area contributed by atoms with Crippen LogP contribution in [0.4, 0.5) is 5.69 Å². The molecule has 0 saturated heterocycles. The predicted octanol–water partition coefficient (Wildman–Crippen LogP) is 4.36. The predicted molar refractivity (Wildman–Crippen MR) is 85.4 cm³/mol. The van der Waals surface area contributed by atoms with Gasteiger partial charge in [0.15, 0.2) is 0 Å². The highest BCUT2D eigenvalue weighted by Gasteiger charge is 2.19. The molecule has 0 amide bonds. The van der Waals surface area contributed by atoms with Crippen LogP contribution in [0, 0.1) is 0 Å². The van der Waals surface area contributed by atoms with E-state index in [2.05, 4.69) is 20.7 Å². The molecule has 0 bridgehead atoms. The molecule has 0 atom stereocenters. The SMILES string of the molecule is CCOc1ccc(Cl)cc1NS(=O)(=O)c1ccc(Br)s1. The summed E-state index contributed by atoms with van der Waals surface area (Å²) in [6.07, 6.45) is 0. The van der Waals surface area contributed by atoms with Crippen LogP contribution in [0.15, 0.2) is 38.3 Å². The highest BCUT2D eigenvalue weighted by atomic mass is 79.9. The normalized spacial score (nSPS) is 11.3. The molecule has 0 fully saturated rings. The van der Waals surface area contributed by atoms with Gasteiger partial charge in [-0.2, -0.15) is 0 Å². The van der Waals surface area contributed by atoms with Crippen LogP contribution in [0.5, 0.6) is 5.75 Å². The van der Waals surface area contributed by atoms with Crippen molar-refractivity contribution in [1.82, 2.24) is 0 Å². The monoisotopic (exact) mass is 395 g/mol. The second-order valence-corrected chi connectivity index (χ2v) is 8.55. The van der Waals surface area contributed by atoms with E-state index in [0.29, 0.717) is 23.1 Å². The molecule has 0 aliphatic carbocycles. The Kier molecular flexibility index (Phi) is 4.95. The Morgan fingerprint density at radius 1 is 1.35 bits per heavy atom. The molecular formula is C12H11BrClNO3S2. The maximum absolute atomic E-state index is 12.3. The smallest absolute Gasteiger partial charge is 0.271 e. The lowest BCUT2D eigenvalue weighted by Crippen LogP contribution is -2.12. The molecule has 1 aromatic heterocycles. The van der Waals surface area contributed by atoms with Crippen LogP contribution in [0.1, 0.15) is 6.92 Å². The van der Waals surface area contributed by atoms with Crippen molar-refractivity contribution in [2.45, 2.75) is 11.1 Å². The summed E-state index contributed by atoms with van der Waals surface area (Å²) >= 11 is 10.3. The fourth-order valence-corrected chi connectivity index (χ4v) is 4.74. The molecule has 1 N–H and O–H groups in total. The summed E-state index contributed by atoms with van der Waals surface area (Å²) < 4.78 is 33.4. The first kappa shape index (κ1) is 15.6. The van der Waals surface area contributed by atoms with Crippen molar-refractivity contribution in [3.05, 3.63) is 39.1 Å².